The lowest BCUT2D eigenvalue weighted by molar-refractivity contribution is -0.870. The van der Waals surface area contributed by atoms with Crippen LogP contribution >= 0.6 is 7.82 Å². The lowest BCUT2D eigenvalue weighted by atomic mass is 10.0. The number of carbonyl (C=O) groups excluding carboxylic acids is 2. The van der Waals surface area contributed by atoms with Crippen LogP contribution in [-0.2, 0) is 27.9 Å². The van der Waals surface area contributed by atoms with Gasteiger partial charge in [-0.25, -0.2) is 0 Å². The van der Waals surface area contributed by atoms with Gasteiger partial charge in [0, 0.05) is 12.8 Å². The highest BCUT2D eigenvalue weighted by Crippen LogP contribution is 2.38. The number of nitrogens with one attached hydrogen (secondary N) is 1. The fourth-order valence-electron chi connectivity index (χ4n) is 7.26. The molecule has 10 heteroatoms. The first-order chi connectivity index (χ1) is 33.4. The number of amides is 1. The third-order valence-corrected chi connectivity index (χ3v) is 12.5. The van der Waals surface area contributed by atoms with E-state index in [4.69, 9.17) is 13.8 Å². The third kappa shape index (κ3) is 49.7. The summed E-state index contributed by atoms with van der Waals surface area (Å²) in [6, 6.07) is -0.944. The topological polar surface area (TPSA) is 114 Å². The van der Waals surface area contributed by atoms with Crippen molar-refractivity contribution in [3.63, 3.8) is 0 Å². The van der Waals surface area contributed by atoms with Gasteiger partial charge >= 0.3 is 5.97 Å². The lowest BCUT2D eigenvalue weighted by Gasteiger charge is -2.30. The maximum Gasteiger partial charge on any atom is 0.306 e. The molecule has 0 spiro atoms. The Balaban J connectivity index is 5.58. The summed E-state index contributed by atoms with van der Waals surface area (Å²) in [5, 5.41) is 2.96. The van der Waals surface area contributed by atoms with Crippen molar-refractivity contribution in [2.45, 2.75) is 226 Å². The van der Waals surface area contributed by atoms with Gasteiger partial charge in [0.15, 0.2) is 0 Å². The van der Waals surface area contributed by atoms with E-state index in [1.54, 1.807) is 6.08 Å². The maximum absolute atomic E-state index is 13.4. The van der Waals surface area contributed by atoms with Crippen LogP contribution in [0.1, 0.15) is 213 Å². The molecule has 0 heterocycles. The first kappa shape index (κ1) is 65.9. The Morgan fingerprint density at radius 1 is 0.522 bits per heavy atom. The largest absolute Gasteiger partial charge is 0.756 e. The Morgan fingerprint density at radius 2 is 0.942 bits per heavy atom. The van der Waals surface area contributed by atoms with Crippen LogP contribution in [0.25, 0.3) is 0 Å². The van der Waals surface area contributed by atoms with Crippen molar-refractivity contribution in [1.82, 2.24) is 5.32 Å². The number of unbranched alkanes of at least 4 members (excludes halogenated alkanes) is 18. The minimum absolute atomic E-state index is 0.0448. The molecule has 0 aliphatic heterocycles. The van der Waals surface area contributed by atoms with E-state index in [2.05, 4.69) is 105 Å². The highest BCUT2D eigenvalue weighted by Gasteiger charge is 2.27. The Kier molecular flexibility index (Phi) is 46.4. The molecule has 9 nitrogen and oxygen atoms in total. The molecular weight excluding hydrogens is 880 g/mol. The zero-order valence-electron chi connectivity index (χ0n) is 45.0. The Labute approximate surface area is 424 Å². The second kappa shape index (κ2) is 48.6. The molecule has 0 rings (SSSR count). The number of esters is 1. The number of rotatable bonds is 48. The smallest absolute Gasteiger partial charge is 0.306 e. The zero-order valence-corrected chi connectivity index (χ0v) is 45.9. The molecule has 0 radical (unpaired) electrons. The SMILES string of the molecule is CC/C=C\C/C=C\C/C=C\C/C=C\C/C=C\CCCC(=O)NC(COP(=O)([O-])OCC[N+](C)(C)C)C(/C=C\CCCCCCCCCCCCC)OC(=O)CC/C=C/C/C=C\CCCCCCCC. The van der Waals surface area contributed by atoms with Crippen LogP contribution in [-0.4, -0.2) is 69.4 Å². The molecule has 1 amide bonds. The van der Waals surface area contributed by atoms with Crippen LogP contribution in [0.15, 0.2) is 97.2 Å². The normalized spacial score (nSPS) is 14.6. The minimum Gasteiger partial charge on any atom is -0.756 e. The summed E-state index contributed by atoms with van der Waals surface area (Å²) in [5.74, 6) is -0.695. The van der Waals surface area contributed by atoms with E-state index in [0.717, 1.165) is 70.6 Å². The molecule has 0 fully saturated rings. The van der Waals surface area contributed by atoms with Crippen molar-refractivity contribution in [3.8, 4) is 0 Å². The second-order valence-electron chi connectivity index (χ2n) is 19.3. The Hall–Kier alpha value is -3.07. The monoisotopic (exact) mass is 983 g/mol. The summed E-state index contributed by atoms with van der Waals surface area (Å²) in [4.78, 5) is 39.7. The fraction of sp³-hybridized carbons (Fsp3) is 0.695. The highest BCUT2D eigenvalue weighted by atomic mass is 31.2. The number of allylic oxidation sites excluding steroid dienone is 15. The average molecular weight is 983 g/mol. The molecule has 3 unspecified atom stereocenters. The van der Waals surface area contributed by atoms with Crippen LogP contribution in [0.2, 0.25) is 0 Å². The van der Waals surface area contributed by atoms with Crippen LogP contribution in [0.5, 0.6) is 0 Å². The van der Waals surface area contributed by atoms with Gasteiger partial charge in [0.1, 0.15) is 19.3 Å². The van der Waals surface area contributed by atoms with Crippen LogP contribution < -0.4 is 10.2 Å². The van der Waals surface area contributed by atoms with Crippen molar-refractivity contribution in [2.75, 3.05) is 40.9 Å². The molecule has 0 saturated carbocycles. The van der Waals surface area contributed by atoms with E-state index in [1.807, 2.05) is 33.3 Å². The van der Waals surface area contributed by atoms with Crippen LogP contribution in [0.3, 0.4) is 0 Å². The molecule has 1 N–H and O–H groups in total. The molecular formula is C59H103N2O7P. The summed E-state index contributed by atoms with van der Waals surface area (Å²) in [5.41, 5.74) is 0. The van der Waals surface area contributed by atoms with Gasteiger partial charge in [-0.05, 0) is 89.5 Å². The van der Waals surface area contributed by atoms with E-state index in [1.165, 1.54) is 96.3 Å². The molecule has 69 heavy (non-hydrogen) atoms. The van der Waals surface area contributed by atoms with Gasteiger partial charge in [0.05, 0.1) is 33.8 Å². The number of likely N-dealkylation sites (N-methyl/N-ethyl adjacent to an activating group) is 1. The summed E-state index contributed by atoms with van der Waals surface area (Å²) in [6.07, 6.45) is 64.0. The lowest BCUT2D eigenvalue weighted by Crippen LogP contribution is -2.47. The molecule has 3 atom stereocenters. The van der Waals surface area contributed by atoms with Gasteiger partial charge in [-0.1, -0.05) is 208 Å². The number of hydrogen-bond donors (Lipinski definition) is 1. The van der Waals surface area contributed by atoms with Crippen molar-refractivity contribution >= 4 is 19.7 Å². The number of nitrogens with zero attached hydrogens (tertiary/aromatic N) is 1. The van der Waals surface area contributed by atoms with Gasteiger partial charge in [0.25, 0.3) is 7.82 Å². The number of quaternary nitrogens is 1. The Morgan fingerprint density at radius 3 is 1.42 bits per heavy atom. The van der Waals surface area contributed by atoms with Gasteiger partial charge < -0.3 is 28.5 Å². The van der Waals surface area contributed by atoms with E-state index in [0.29, 0.717) is 23.9 Å². The van der Waals surface area contributed by atoms with Crippen LogP contribution in [0.4, 0.5) is 0 Å². The van der Waals surface area contributed by atoms with Crippen molar-refractivity contribution in [3.05, 3.63) is 97.2 Å². The minimum atomic E-state index is -4.72. The predicted octanol–water partition coefficient (Wildman–Crippen LogP) is 15.8. The molecule has 0 saturated heterocycles. The van der Waals surface area contributed by atoms with Gasteiger partial charge in [-0.15, -0.1) is 0 Å². The standard InChI is InChI=1S/C59H103N2O7P/c1-7-10-13-16-19-22-25-28-29-30-31-34-36-39-42-45-48-51-58(62)60-56(55-67-69(64,65)66-54-53-61(4,5)6)57(50-47-44-41-38-35-32-26-23-20-17-14-11-8-2)68-59(63)52-49-46-43-40-37-33-27-24-21-18-15-12-9-3/h10,13,19,22,28-29,31,33-34,37,39,42-43,46-47,50,56-57H,7-9,11-12,14-18,20-21,23-27,30,32,35-36,38,40-41,44-45,48-49,51-55H2,1-6H3,(H-,60,62,64,65)/b13-10-,22-19-,29-28-,34-31-,37-33-,42-39-,46-43+,50-47-. The number of phosphoric acid groups is 1. The second-order valence-corrected chi connectivity index (χ2v) is 20.8. The van der Waals surface area contributed by atoms with Crippen molar-refractivity contribution in [2.24, 2.45) is 0 Å². The Bertz CT molecular complexity index is 1510. The predicted molar refractivity (Wildman–Crippen MR) is 293 cm³/mol. The highest BCUT2D eigenvalue weighted by molar-refractivity contribution is 7.45. The van der Waals surface area contributed by atoms with E-state index >= 15 is 0 Å². The summed E-state index contributed by atoms with van der Waals surface area (Å²) in [7, 11) is 1.11. The zero-order chi connectivity index (χ0) is 50.8. The van der Waals surface area contributed by atoms with Gasteiger partial charge in [-0.2, -0.15) is 0 Å². The summed E-state index contributed by atoms with van der Waals surface area (Å²) in [6.45, 7) is 6.61. The molecule has 0 bridgehead atoms. The number of hydrogen-bond acceptors (Lipinski definition) is 7. The van der Waals surface area contributed by atoms with Gasteiger partial charge in [-0.3, -0.25) is 14.2 Å². The van der Waals surface area contributed by atoms with Crippen LogP contribution in [0, 0.1) is 0 Å². The molecule has 0 aromatic carbocycles. The molecule has 0 aromatic heterocycles. The van der Waals surface area contributed by atoms with E-state index in [9.17, 15) is 19.0 Å². The van der Waals surface area contributed by atoms with Crippen molar-refractivity contribution < 1.29 is 37.3 Å². The van der Waals surface area contributed by atoms with Crippen molar-refractivity contribution in [1.29, 1.82) is 0 Å². The first-order valence-electron chi connectivity index (χ1n) is 27.5. The quantitative estimate of drug-likeness (QED) is 0.0212. The molecule has 0 aliphatic carbocycles. The summed E-state index contributed by atoms with van der Waals surface area (Å²) < 4.78 is 30.1. The van der Waals surface area contributed by atoms with E-state index in [-0.39, 0.29) is 25.4 Å². The maximum atomic E-state index is 13.4. The molecule has 0 aromatic rings. The van der Waals surface area contributed by atoms with E-state index < -0.39 is 32.5 Å². The molecule has 396 valence electrons. The number of ether oxygens (including phenoxy) is 1. The van der Waals surface area contributed by atoms with Gasteiger partial charge in [0.2, 0.25) is 5.91 Å². The third-order valence-electron chi connectivity index (χ3n) is 11.5. The summed E-state index contributed by atoms with van der Waals surface area (Å²) >= 11 is 0. The number of phosphoric ester groups is 1. The molecule has 0 aliphatic rings. The average Bonchev–Trinajstić information content (AvgIpc) is 3.31. The number of carbonyl (C=O) groups is 2. The first-order valence-corrected chi connectivity index (χ1v) is 29.0. The fourth-order valence-corrected chi connectivity index (χ4v) is 7.98.